The molecule has 0 spiro atoms. The van der Waals surface area contributed by atoms with Gasteiger partial charge in [0.15, 0.2) is 0 Å². The van der Waals surface area contributed by atoms with Crippen molar-refractivity contribution >= 4 is 16.8 Å². The van der Waals surface area contributed by atoms with E-state index in [1.165, 1.54) is 0 Å². The third-order valence-electron chi connectivity index (χ3n) is 3.91. The molecular weight excluding hydrogens is 300 g/mol. The normalized spacial score (nSPS) is 10.8. The maximum absolute atomic E-state index is 12.5. The molecule has 0 unspecified atom stereocenters. The highest BCUT2D eigenvalue weighted by molar-refractivity contribution is 6.07. The Hall–Kier alpha value is -2.95. The second-order valence-electron chi connectivity index (χ2n) is 5.55. The lowest BCUT2D eigenvalue weighted by molar-refractivity contribution is 0.0959. The van der Waals surface area contributed by atoms with Crippen LogP contribution in [0.15, 0.2) is 49.2 Å². The lowest BCUT2D eigenvalue weighted by Crippen LogP contribution is -2.23. The fourth-order valence-electron chi connectivity index (χ4n) is 2.69. The monoisotopic (exact) mass is 320 g/mol. The number of para-hydroxylation sites is 1. The van der Waals surface area contributed by atoms with Crippen LogP contribution < -0.4 is 5.32 Å². The Morgan fingerprint density at radius 3 is 2.88 bits per heavy atom. The van der Waals surface area contributed by atoms with E-state index in [1.807, 2.05) is 55.1 Å². The maximum atomic E-state index is 12.5. The van der Waals surface area contributed by atoms with Crippen LogP contribution in [0.1, 0.15) is 23.0 Å². The van der Waals surface area contributed by atoms with Gasteiger partial charge in [-0.25, -0.2) is 4.98 Å². The topological polar surface area (TPSA) is 59.8 Å². The summed E-state index contributed by atoms with van der Waals surface area (Å²) in [5.41, 5.74) is 4.01. The van der Waals surface area contributed by atoms with Crippen LogP contribution in [-0.4, -0.2) is 27.2 Å². The van der Waals surface area contributed by atoms with Gasteiger partial charge in [0.2, 0.25) is 0 Å². The van der Waals surface area contributed by atoms with Gasteiger partial charge < -0.3 is 5.32 Å². The first-order chi connectivity index (χ1) is 11.6. The number of nitrogens with one attached hydrogen (secondary N) is 1. The van der Waals surface area contributed by atoms with Gasteiger partial charge in [0.25, 0.3) is 5.91 Å². The Labute approximate surface area is 141 Å². The molecule has 3 aromatic rings. The highest BCUT2D eigenvalue weighted by Crippen LogP contribution is 2.26. The van der Waals surface area contributed by atoms with Gasteiger partial charge in [0.1, 0.15) is 0 Å². The van der Waals surface area contributed by atoms with Crippen molar-refractivity contribution in [3.05, 3.63) is 60.4 Å². The number of fused-ring (bicyclic) bond motifs is 1. The van der Waals surface area contributed by atoms with Crippen LogP contribution in [0.4, 0.5) is 0 Å². The predicted molar refractivity (Wildman–Crippen MR) is 95.9 cm³/mol. The van der Waals surface area contributed by atoms with Gasteiger partial charge in [-0.3, -0.25) is 9.48 Å². The van der Waals surface area contributed by atoms with Crippen molar-refractivity contribution in [1.29, 1.82) is 0 Å². The summed E-state index contributed by atoms with van der Waals surface area (Å²) < 4.78 is 1.87. The molecule has 0 fully saturated rings. The van der Waals surface area contributed by atoms with Crippen molar-refractivity contribution in [1.82, 2.24) is 20.1 Å². The molecule has 0 aliphatic carbocycles. The number of hydrogen-bond acceptors (Lipinski definition) is 3. The number of aryl methyl sites for hydroxylation is 2. The van der Waals surface area contributed by atoms with Gasteiger partial charge in [-0.05, 0) is 26.0 Å². The van der Waals surface area contributed by atoms with E-state index >= 15 is 0 Å². The molecule has 2 heterocycles. The molecule has 5 heteroatoms. The Balaban J connectivity index is 2.17. The summed E-state index contributed by atoms with van der Waals surface area (Å²) in [7, 11) is 0. The standard InChI is InChI=1S/C19H20N4O/c1-4-10-20-19(24)15-11-18(16-12-23(5-2)22-13(16)3)21-17-9-7-6-8-14(15)17/h4,6-9,11-12H,1,5,10H2,2-3H3,(H,20,24). The molecule has 0 atom stereocenters. The van der Waals surface area contributed by atoms with Crippen molar-refractivity contribution in [2.75, 3.05) is 6.54 Å². The summed E-state index contributed by atoms with van der Waals surface area (Å²) in [5, 5.41) is 8.15. The number of benzene rings is 1. The van der Waals surface area contributed by atoms with Crippen LogP contribution in [-0.2, 0) is 6.54 Å². The van der Waals surface area contributed by atoms with Crippen LogP contribution in [0.2, 0.25) is 0 Å². The van der Waals surface area contributed by atoms with Gasteiger partial charge >= 0.3 is 0 Å². The van der Waals surface area contributed by atoms with Crippen molar-refractivity contribution in [2.45, 2.75) is 20.4 Å². The number of hydrogen-bond donors (Lipinski definition) is 1. The molecule has 0 saturated heterocycles. The largest absolute Gasteiger partial charge is 0.349 e. The fourth-order valence-corrected chi connectivity index (χ4v) is 2.69. The average Bonchev–Trinajstić information content (AvgIpc) is 2.99. The minimum atomic E-state index is -0.129. The van der Waals surface area contributed by atoms with Crippen LogP contribution in [0.25, 0.3) is 22.2 Å². The first-order valence-electron chi connectivity index (χ1n) is 7.97. The molecule has 1 N–H and O–H groups in total. The summed E-state index contributed by atoms with van der Waals surface area (Å²) in [6.45, 7) is 8.85. The Kier molecular flexibility index (Phi) is 4.42. The third-order valence-corrected chi connectivity index (χ3v) is 3.91. The van der Waals surface area contributed by atoms with E-state index < -0.39 is 0 Å². The summed E-state index contributed by atoms with van der Waals surface area (Å²) in [6, 6.07) is 9.51. The van der Waals surface area contributed by atoms with Crippen LogP contribution >= 0.6 is 0 Å². The number of rotatable bonds is 5. The molecule has 0 bridgehead atoms. The van der Waals surface area contributed by atoms with Gasteiger partial charge in [0, 0.05) is 30.2 Å². The fraction of sp³-hybridized carbons (Fsp3) is 0.211. The highest BCUT2D eigenvalue weighted by atomic mass is 16.1. The van der Waals surface area contributed by atoms with Crippen molar-refractivity contribution < 1.29 is 4.79 Å². The second kappa shape index (κ2) is 6.66. The second-order valence-corrected chi connectivity index (χ2v) is 5.55. The van der Waals surface area contributed by atoms with Gasteiger partial charge in [-0.1, -0.05) is 24.3 Å². The average molecular weight is 320 g/mol. The highest BCUT2D eigenvalue weighted by Gasteiger charge is 2.15. The van der Waals surface area contributed by atoms with Gasteiger partial charge in [0.05, 0.1) is 22.5 Å². The van der Waals surface area contributed by atoms with Gasteiger partial charge in [-0.15, -0.1) is 6.58 Å². The minimum Gasteiger partial charge on any atom is -0.349 e. The zero-order chi connectivity index (χ0) is 17.1. The molecule has 0 radical (unpaired) electrons. The van der Waals surface area contributed by atoms with E-state index in [1.54, 1.807) is 6.08 Å². The van der Waals surface area contributed by atoms with Crippen LogP contribution in [0.3, 0.4) is 0 Å². The molecular formula is C19H20N4O. The lowest BCUT2D eigenvalue weighted by Gasteiger charge is -2.09. The Morgan fingerprint density at radius 1 is 1.38 bits per heavy atom. The number of aromatic nitrogens is 3. The Morgan fingerprint density at radius 2 is 2.17 bits per heavy atom. The molecule has 2 aromatic heterocycles. The Bertz CT molecular complexity index is 911. The lowest BCUT2D eigenvalue weighted by atomic mass is 10.0. The molecule has 1 aromatic carbocycles. The zero-order valence-electron chi connectivity index (χ0n) is 13.9. The van der Waals surface area contributed by atoms with Crippen molar-refractivity contribution in [3.8, 4) is 11.3 Å². The van der Waals surface area contributed by atoms with Crippen LogP contribution in [0.5, 0.6) is 0 Å². The maximum Gasteiger partial charge on any atom is 0.252 e. The van der Waals surface area contributed by atoms with Crippen molar-refractivity contribution in [2.24, 2.45) is 0 Å². The first kappa shape index (κ1) is 15.9. The summed E-state index contributed by atoms with van der Waals surface area (Å²) >= 11 is 0. The number of nitrogens with zero attached hydrogens (tertiary/aromatic N) is 3. The third kappa shape index (κ3) is 2.93. The first-order valence-corrected chi connectivity index (χ1v) is 7.97. The molecule has 5 nitrogen and oxygen atoms in total. The SMILES string of the molecule is C=CCNC(=O)c1cc(-c2cn(CC)nc2C)nc2ccccc12. The zero-order valence-corrected chi connectivity index (χ0v) is 13.9. The van der Waals surface area contributed by atoms with E-state index in [4.69, 9.17) is 4.98 Å². The van der Waals surface area contributed by atoms with E-state index in [0.717, 1.165) is 34.4 Å². The number of carbonyl (C=O) groups excluding carboxylic acids is 1. The molecule has 3 rings (SSSR count). The smallest absolute Gasteiger partial charge is 0.252 e. The van der Waals surface area contributed by atoms with E-state index in [0.29, 0.717) is 12.1 Å². The number of carbonyl (C=O) groups is 1. The van der Waals surface area contributed by atoms with E-state index in [-0.39, 0.29) is 5.91 Å². The van der Waals surface area contributed by atoms with Crippen LogP contribution in [0, 0.1) is 6.92 Å². The van der Waals surface area contributed by atoms with E-state index in [2.05, 4.69) is 17.0 Å². The van der Waals surface area contributed by atoms with Crippen molar-refractivity contribution in [3.63, 3.8) is 0 Å². The molecule has 0 saturated carbocycles. The predicted octanol–water partition coefficient (Wildman–Crippen LogP) is 3.34. The number of amides is 1. The molecule has 0 aliphatic heterocycles. The minimum absolute atomic E-state index is 0.129. The molecule has 1 amide bonds. The summed E-state index contributed by atoms with van der Waals surface area (Å²) in [6.07, 6.45) is 3.63. The van der Waals surface area contributed by atoms with Gasteiger partial charge in [-0.2, -0.15) is 5.10 Å². The summed E-state index contributed by atoms with van der Waals surface area (Å²) in [4.78, 5) is 17.3. The number of pyridine rings is 1. The van der Waals surface area contributed by atoms with E-state index in [9.17, 15) is 4.79 Å². The quantitative estimate of drug-likeness (QED) is 0.734. The molecule has 24 heavy (non-hydrogen) atoms. The summed E-state index contributed by atoms with van der Waals surface area (Å²) in [5.74, 6) is -0.129. The molecule has 0 aliphatic rings. The molecule has 122 valence electrons.